The third kappa shape index (κ3) is 3.40. The van der Waals surface area contributed by atoms with Crippen LogP contribution in [0.3, 0.4) is 0 Å². The van der Waals surface area contributed by atoms with Crippen LogP contribution in [-0.2, 0) is 9.53 Å². The highest BCUT2D eigenvalue weighted by Gasteiger charge is 2.58. The molecule has 0 aromatic rings. The van der Waals surface area contributed by atoms with Gasteiger partial charge in [-0.05, 0) is 68.1 Å². The van der Waals surface area contributed by atoms with Crippen molar-refractivity contribution in [3.8, 4) is 0 Å². The zero-order valence-corrected chi connectivity index (χ0v) is 17.2. The summed E-state index contributed by atoms with van der Waals surface area (Å²) in [4.78, 5) is 13.1. The summed E-state index contributed by atoms with van der Waals surface area (Å²) >= 11 is 0. The maximum atomic E-state index is 13.1. The minimum absolute atomic E-state index is 0.104. The zero-order chi connectivity index (χ0) is 19.9. The number of ether oxygens (including phenoxy) is 1. The number of aliphatic hydroxyl groups is 2. The summed E-state index contributed by atoms with van der Waals surface area (Å²) in [6, 6.07) is 0. The largest absolute Gasteiger partial charge is 0.457 e. The molecule has 0 heterocycles. The van der Waals surface area contributed by atoms with Crippen LogP contribution in [0.5, 0.6) is 0 Å². The number of fused-ring (bicyclic) bond motifs is 3. The number of aliphatic hydroxyl groups excluding tert-OH is 2. The molecule has 0 aromatic heterocycles. The average molecular weight is 377 g/mol. The van der Waals surface area contributed by atoms with Gasteiger partial charge >= 0.3 is 5.97 Å². The second-order valence-electron chi connectivity index (χ2n) is 9.86. The van der Waals surface area contributed by atoms with Crippen LogP contribution in [0.4, 0.5) is 0 Å². The van der Waals surface area contributed by atoms with E-state index >= 15 is 0 Å². The minimum atomic E-state index is -0.819. The zero-order valence-electron chi connectivity index (χ0n) is 17.2. The Bertz CT molecular complexity index is 622. The molecule has 0 aliphatic heterocycles. The molecule has 0 aromatic carbocycles. The monoisotopic (exact) mass is 376 g/mol. The Labute approximate surface area is 163 Å². The lowest BCUT2D eigenvalue weighted by molar-refractivity contribution is -0.179. The van der Waals surface area contributed by atoms with Crippen molar-refractivity contribution >= 4 is 5.97 Å². The van der Waals surface area contributed by atoms with Crippen LogP contribution in [0, 0.1) is 28.1 Å². The van der Waals surface area contributed by atoms with Gasteiger partial charge in [0, 0.05) is 0 Å². The number of esters is 1. The maximum absolute atomic E-state index is 13.1. The Kier molecular flexibility index (Phi) is 5.62. The number of carbonyl (C=O) groups is 1. The standard InChI is InChI=1S/C23H36O4/c1-5-21(2)12-9-18-16(13-21)7-8-19-22(18,3)10-6-11-23(19,4)20(26)27-17(14-24)15-25/h5,7,17-19,24-25H,1,6,8-15H2,2-4H3/t18-,19+,21-,22+,23+/m0/s1. The summed E-state index contributed by atoms with van der Waals surface area (Å²) in [7, 11) is 0. The van der Waals surface area contributed by atoms with Gasteiger partial charge in [-0.3, -0.25) is 4.79 Å². The number of rotatable bonds is 5. The molecule has 2 N–H and O–H groups in total. The maximum Gasteiger partial charge on any atom is 0.312 e. The first-order chi connectivity index (χ1) is 12.7. The van der Waals surface area contributed by atoms with E-state index in [0.29, 0.717) is 5.92 Å². The Balaban J connectivity index is 1.88. The fourth-order valence-corrected chi connectivity index (χ4v) is 6.27. The molecule has 0 bridgehead atoms. The van der Waals surface area contributed by atoms with Crippen LogP contribution in [-0.4, -0.2) is 35.5 Å². The first-order valence-corrected chi connectivity index (χ1v) is 10.5. The van der Waals surface area contributed by atoms with Gasteiger partial charge in [-0.15, -0.1) is 6.58 Å². The van der Waals surface area contributed by atoms with E-state index in [1.807, 2.05) is 6.92 Å². The van der Waals surface area contributed by atoms with E-state index in [1.165, 1.54) is 0 Å². The number of hydrogen-bond acceptors (Lipinski definition) is 4. The summed E-state index contributed by atoms with van der Waals surface area (Å²) in [5.41, 5.74) is 1.30. The predicted molar refractivity (Wildman–Crippen MR) is 106 cm³/mol. The molecule has 3 aliphatic carbocycles. The van der Waals surface area contributed by atoms with Gasteiger partial charge in [0.2, 0.25) is 0 Å². The lowest BCUT2D eigenvalue weighted by Crippen LogP contribution is -2.54. The van der Waals surface area contributed by atoms with E-state index in [9.17, 15) is 15.0 Å². The molecule has 4 heteroatoms. The minimum Gasteiger partial charge on any atom is -0.457 e. The van der Waals surface area contributed by atoms with Gasteiger partial charge in [-0.1, -0.05) is 38.0 Å². The van der Waals surface area contributed by atoms with Crippen LogP contribution < -0.4 is 0 Å². The van der Waals surface area contributed by atoms with Crippen LogP contribution in [0.1, 0.15) is 65.7 Å². The lowest BCUT2D eigenvalue weighted by Gasteiger charge is -2.59. The van der Waals surface area contributed by atoms with Gasteiger partial charge in [0.1, 0.15) is 6.10 Å². The second kappa shape index (κ2) is 7.36. The summed E-state index contributed by atoms with van der Waals surface area (Å²) in [5.74, 6) is 0.518. The summed E-state index contributed by atoms with van der Waals surface area (Å²) in [6.45, 7) is 10.1. The molecule has 0 saturated heterocycles. The fraction of sp³-hybridized carbons (Fsp3) is 0.783. The molecule has 2 saturated carbocycles. The Morgan fingerprint density at radius 2 is 2.00 bits per heavy atom. The highest BCUT2D eigenvalue weighted by atomic mass is 16.6. The molecular weight excluding hydrogens is 340 g/mol. The average Bonchev–Trinajstić information content (AvgIpc) is 2.65. The third-order valence-corrected chi connectivity index (χ3v) is 8.09. The van der Waals surface area contributed by atoms with Gasteiger partial charge in [0.15, 0.2) is 0 Å². The lowest BCUT2D eigenvalue weighted by atomic mass is 9.45. The third-order valence-electron chi connectivity index (χ3n) is 8.09. The van der Waals surface area contributed by atoms with Gasteiger partial charge in [-0.2, -0.15) is 0 Å². The van der Waals surface area contributed by atoms with Gasteiger partial charge in [0.25, 0.3) is 0 Å². The van der Waals surface area contributed by atoms with Crippen molar-refractivity contribution in [2.24, 2.45) is 28.1 Å². The second-order valence-corrected chi connectivity index (χ2v) is 9.86. The molecule has 0 unspecified atom stereocenters. The Morgan fingerprint density at radius 1 is 1.30 bits per heavy atom. The van der Waals surface area contributed by atoms with E-state index < -0.39 is 11.5 Å². The van der Waals surface area contributed by atoms with Gasteiger partial charge < -0.3 is 14.9 Å². The first kappa shape index (κ1) is 20.6. The van der Waals surface area contributed by atoms with Crippen molar-refractivity contribution in [2.75, 3.05) is 13.2 Å². The highest BCUT2D eigenvalue weighted by Crippen LogP contribution is 2.64. The van der Waals surface area contributed by atoms with Gasteiger partial charge in [-0.25, -0.2) is 0 Å². The number of hydrogen-bond donors (Lipinski definition) is 2. The summed E-state index contributed by atoms with van der Waals surface area (Å²) in [6.07, 6.45) is 11.0. The van der Waals surface area contributed by atoms with E-state index in [-0.39, 0.29) is 35.9 Å². The fourth-order valence-electron chi connectivity index (χ4n) is 6.27. The Hall–Kier alpha value is -1.13. The van der Waals surface area contributed by atoms with Crippen LogP contribution in [0.25, 0.3) is 0 Å². The first-order valence-electron chi connectivity index (χ1n) is 10.5. The smallest absolute Gasteiger partial charge is 0.312 e. The van der Waals surface area contributed by atoms with Crippen molar-refractivity contribution in [1.82, 2.24) is 0 Å². The van der Waals surface area contributed by atoms with Crippen molar-refractivity contribution in [3.63, 3.8) is 0 Å². The predicted octanol–water partition coefficient (Wildman–Crippen LogP) is 4.02. The van der Waals surface area contributed by atoms with Crippen molar-refractivity contribution < 1.29 is 19.7 Å². The van der Waals surface area contributed by atoms with Gasteiger partial charge in [0.05, 0.1) is 18.6 Å². The molecule has 2 fully saturated rings. The highest BCUT2D eigenvalue weighted by molar-refractivity contribution is 5.77. The molecule has 3 rings (SSSR count). The van der Waals surface area contributed by atoms with E-state index in [1.54, 1.807) is 5.57 Å². The summed E-state index contributed by atoms with van der Waals surface area (Å²) in [5, 5.41) is 18.6. The molecule has 4 nitrogen and oxygen atoms in total. The topological polar surface area (TPSA) is 66.8 Å². The molecule has 5 atom stereocenters. The van der Waals surface area contributed by atoms with E-state index in [2.05, 4.69) is 32.6 Å². The molecule has 0 spiro atoms. The molecular formula is C23H36O4. The normalized spacial score (nSPS) is 41.3. The van der Waals surface area contributed by atoms with E-state index in [4.69, 9.17) is 4.74 Å². The van der Waals surface area contributed by atoms with Crippen LogP contribution in [0.2, 0.25) is 0 Å². The molecule has 27 heavy (non-hydrogen) atoms. The molecule has 3 aliphatic rings. The van der Waals surface area contributed by atoms with Crippen molar-refractivity contribution in [1.29, 1.82) is 0 Å². The quantitative estimate of drug-likeness (QED) is 0.562. The van der Waals surface area contributed by atoms with Crippen LogP contribution >= 0.6 is 0 Å². The van der Waals surface area contributed by atoms with Crippen molar-refractivity contribution in [3.05, 3.63) is 24.3 Å². The summed E-state index contributed by atoms with van der Waals surface area (Å²) < 4.78 is 5.50. The van der Waals surface area contributed by atoms with Crippen molar-refractivity contribution in [2.45, 2.75) is 71.8 Å². The van der Waals surface area contributed by atoms with E-state index in [0.717, 1.165) is 44.9 Å². The van der Waals surface area contributed by atoms with Crippen LogP contribution in [0.15, 0.2) is 24.3 Å². The molecule has 0 radical (unpaired) electrons. The molecule has 0 amide bonds. The number of allylic oxidation sites excluding steroid dienone is 3. The SMILES string of the molecule is C=C[C@@]1(C)CC[C@H]2C(=CC[C@@H]3[C@]2(C)CCC[C@@]3(C)C(=O)OC(CO)CO)C1. The number of carbonyl (C=O) groups excluding carboxylic acids is 1. The molecule has 152 valence electrons. The Morgan fingerprint density at radius 3 is 2.63 bits per heavy atom.